The number of amides is 3. The predicted octanol–water partition coefficient (Wildman–Crippen LogP) is 8.22. The molecule has 0 spiro atoms. The van der Waals surface area contributed by atoms with Crippen LogP contribution in [0.4, 0.5) is 11.4 Å². The van der Waals surface area contributed by atoms with Gasteiger partial charge in [-0.2, -0.15) is 0 Å². The Morgan fingerprint density at radius 2 is 1.45 bits per heavy atom. The highest BCUT2D eigenvalue weighted by atomic mass is 32.2. The molecule has 8 nitrogen and oxygen atoms in total. The number of ether oxygens (including phenoxy) is 1. The van der Waals surface area contributed by atoms with Gasteiger partial charge in [-0.05, 0) is 84.3 Å². The molecule has 0 saturated carbocycles. The Kier molecular flexibility index (Phi) is 10.9. The number of hydrogen-bond donors (Lipinski definition) is 3. The van der Waals surface area contributed by atoms with Crippen LogP contribution < -0.4 is 20.7 Å². The van der Waals surface area contributed by atoms with E-state index in [1.54, 1.807) is 55.6 Å². The zero-order valence-corrected chi connectivity index (χ0v) is 27.1. The first kappa shape index (κ1) is 32.8. The maximum atomic E-state index is 13.5. The second kappa shape index (κ2) is 15.6. The van der Waals surface area contributed by atoms with E-state index in [2.05, 4.69) is 29.8 Å². The van der Waals surface area contributed by atoms with Gasteiger partial charge in [0, 0.05) is 27.9 Å². The summed E-state index contributed by atoms with van der Waals surface area (Å²) in [5.74, 6) is 1.13. The van der Waals surface area contributed by atoms with E-state index in [1.807, 2.05) is 66.7 Å². The van der Waals surface area contributed by atoms with Crippen LogP contribution in [0.3, 0.4) is 0 Å². The molecule has 0 aliphatic rings. The molecular weight excluding hydrogens is 611 g/mol. The average Bonchev–Trinajstić information content (AvgIpc) is 3.56. The van der Waals surface area contributed by atoms with E-state index in [9.17, 15) is 14.4 Å². The maximum Gasteiger partial charge on any atom is 0.272 e. The van der Waals surface area contributed by atoms with Crippen LogP contribution in [-0.4, -0.2) is 30.6 Å². The van der Waals surface area contributed by atoms with Crippen LogP contribution in [0.15, 0.2) is 130 Å². The molecule has 47 heavy (non-hydrogen) atoms. The Morgan fingerprint density at radius 1 is 0.787 bits per heavy atom. The SMILES string of the molecule is COc1ccccc1-c1ccc(/C=C(/NC(=O)c2ccccc2)C(=O)Nc2ccc(SCC(=O)Nc3ccc(C(C)C)cc3)cc2)o1. The summed E-state index contributed by atoms with van der Waals surface area (Å²) in [7, 11) is 1.58. The molecule has 1 aromatic heterocycles. The van der Waals surface area contributed by atoms with E-state index >= 15 is 0 Å². The van der Waals surface area contributed by atoms with E-state index in [0.717, 1.165) is 16.1 Å². The van der Waals surface area contributed by atoms with Crippen LogP contribution in [0.1, 0.15) is 41.4 Å². The predicted molar refractivity (Wildman–Crippen MR) is 188 cm³/mol. The van der Waals surface area contributed by atoms with Crippen LogP contribution >= 0.6 is 11.8 Å². The van der Waals surface area contributed by atoms with Gasteiger partial charge < -0.3 is 25.1 Å². The Morgan fingerprint density at radius 3 is 2.15 bits per heavy atom. The fourth-order valence-corrected chi connectivity index (χ4v) is 5.34. The Balaban J connectivity index is 1.26. The van der Waals surface area contributed by atoms with Gasteiger partial charge in [-0.25, -0.2) is 0 Å². The number of anilines is 2. The third kappa shape index (κ3) is 9.02. The van der Waals surface area contributed by atoms with E-state index in [0.29, 0.717) is 34.4 Å². The van der Waals surface area contributed by atoms with Gasteiger partial charge in [0.15, 0.2) is 0 Å². The van der Waals surface area contributed by atoms with Crippen molar-refractivity contribution < 1.29 is 23.5 Å². The first-order valence-electron chi connectivity index (χ1n) is 15.0. The molecule has 0 unspecified atom stereocenters. The van der Waals surface area contributed by atoms with Crippen molar-refractivity contribution in [1.29, 1.82) is 0 Å². The van der Waals surface area contributed by atoms with Gasteiger partial charge in [-0.15, -0.1) is 11.8 Å². The number of benzene rings is 4. The fraction of sp³-hybridized carbons (Fsp3) is 0.132. The molecule has 238 valence electrons. The quantitative estimate of drug-likeness (QED) is 0.0932. The number of nitrogens with one attached hydrogen (secondary N) is 3. The highest BCUT2D eigenvalue weighted by Gasteiger charge is 2.17. The number of hydrogen-bond acceptors (Lipinski definition) is 6. The summed E-state index contributed by atoms with van der Waals surface area (Å²) < 4.78 is 11.5. The Hall–Kier alpha value is -5.54. The smallest absolute Gasteiger partial charge is 0.272 e. The lowest BCUT2D eigenvalue weighted by molar-refractivity contribution is -0.114. The van der Waals surface area contributed by atoms with Crippen molar-refractivity contribution in [2.45, 2.75) is 24.7 Å². The lowest BCUT2D eigenvalue weighted by Crippen LogP contribution is -2.30. The number of furan rings is 1. The lowest BCUT2D eigenvalue weighted by atomic mass is 10.0. The summed E-state index contributed by atoms with van der Waals surface area (Å²) in [6, 6.07) is 34.5. The Labute approximate surface area is 278 Å². The number of para-hydroxylation sites is 1. The van der Waals surface area contributed by atoms with Gasteiger partial charge in [0.2, 0.25) is 5.91 Å². The summed E-state index contributed by atoms with van der Waals surface area (Å²) >= 11 is 1.39. The zero-order valence-electron chi connectivity index (χ0n) is 26.3. The molecule has 0 bridgehead atoms. The van der Waals surface area contributed by atoms with Gasteiger partial charge in [0.25, 0.3) is 11.8 Å². The van der Waals surface area contributed by atoms with E-state index < -0.39 is 11.8 Å². The molecule has 0 aliphatic carbocycles. The third-order valence-electron chi connectivity index (χ3n) is 7.16. The van der Waals surface area contributed by atoms with Crippen molar-refractivity contribution in [1.82, 2.24) is 5.32 Å². The number of thioether (sulfide) groups is 1. The highest BCUT2D eigenvalue weighted by Crippen LogP contribution is 2.31. The van der Waals surface area contributed by atoms with Crippen LogP contribution in [-0.2, 0) is 9.59 Å². The van der Waals surface area contributed by atoms with Crippen LogP contribution in [0.2, 0.25) is 0 Å². The van der Waals surface area contributed by atoms with Gasteiger partial charge in [-0.3, -0.25) is 14.4 Å². The minimum absolute atomic E-state index is 0.00340. The van der Waals surface area contributed by atoms with Crippen molar-refractivity contribution >= 4 is 46.9 Å². The molecular formula is C38H35N3O5S. The van der Waals surface area contributed by atoms with Crippen LogP contribution in [0.5, 0.6) is 5.75 Å². The molecule has 0 saturated heterocycles. The monoisotopic (exact) mass is 645 g/mol. The Bertz CT molecular complexity index is 1860. The second-order valence-corrected chi connectivity index (χ2v) is 11.9. The standard InChI is InChI=1S/C38H35N3O5S/c1-25(2)26-13-15-28(16-14-26)39-36(42)24-47-31-20-17-29(18-21-31)40-38(44)33(41-37(43)27-9-5-4-6-10-27)23-30-19-22-35(46-30)32-11-7-8-12-34(32)45-3/h4-23,25H,24H2,1-3H3,(H,39,42)(H,40,44)(H,41,43)/b33-23+. The van der Waals surface area contributed by atoms with E-state index in [4.69, 9.17) is 9.15 Å². The van der Waals surface area contributed by atoms with Crippen molar-refractivity contribution in [2.24, 2.45) is 0 Å². The fourth-order valence-electron chi connectivity index (χ4n) is 4.64. The van der Waals surface area contributed by atoms with Crippen molar-refractivity contribution in [3.05, 3.63) is 138 Å². The van der Waals surface area contributed by atoms with Gasteiger partial charge in [-0.1, -0.05) is 56.3 Å². The molecule has 0 radical (unpaired) electrons. The second-order valence-electron chi connectivity index (χ2n) is 10.9. The third-order valence-corrected chi connectivity index (χ3v) is 8.17. The van der Waals surface area contributed by atoms with E-state index in [-0.39, 0.29) is 17.4 Å². The molecule has 0 fully saturated rings. The summed E-state index contributed by atoms with van der Waals surface area (Å²) in [6.45, 7) is 4.25. The average molecular weight is 646 g/mol. The van der Waals surface area contributed by atoms with Gasteiger partial charge in [0.1, 0.15) is 23.0 Å². The van der Waals surface area contributed by atoms with Crippen molar-refractivity contribution in [3.8, 4) is 17.1 Å². The molecule has 0 atom stereocenters. The highest BCUT2D eigenvalue weighted by molar-refractivity contribution is 8.00. The molecule has 5 rings (SSSR count). The summed E-state index contributed by atoms with van der Waals surface area (Å²) in [4.78, 5) is 39.9. The lowest BCUT2D eigenvalue weighted by Gasteiger charge is -2.11. The van der Waals surface area contributed by atoms with Crippen LogP contribution in [0, 0.1) is 0 Å². The molecule has 3 amide bonds. The summed E-state index contributed by atoms with van der Waals surface area (Å²) in [6.07, 6.45) is 1.48. The summed E-state index contributed by atoms with van der Waals surface area (Å²) in [5.41, 5.74) is 3.64. The number of methoxy groups -OCH3 is 1. The normalized spacial score (nSPS) is 11.2. The molecule has 3 N–H and O–H groups in total. The minimum Gasteiger partial charge on any atom is -0.496 e. The molecule has 1 heterocycles. The first-order valence-corrected chi connectivity index (χ1v) is 16.0. The van der Waals surface area contributed by atoms with Crippen molar-refractivity contribution in [2.75, 3.05) is 23.5 Å². The largest absolute Gasteiger partial charge is 0.496 e. The maximum absolute atomic E-state index is 13.5. The van der Waals surface area contributed by atoms with Gasteiger partial charge >= 0.3 is 0 Å². The molecule has 9 heteroatoms. The zero-order chi connectivity index (χ0) is 33.2. The number of carbonyl (C=O) groups excluding carboxylic acids is 3. The number of rotatable bonds is 12. The molecule has 4 aromatic carbocycles. The van der Waals surface area contributed by atoms with Gasteiger partial charge in [0.05, 0.1) is 18.4 Å². The topological polar surface area (TPSA) is 110 Å². The summed E-state index contributed by atoms with van der Waals surface area (Å²) in [5, 5.41) is 8.48. The molecule has 0 aliphatic heterocycles. The molecule has 5 aromatic rings. The number of carbonyl (C=O) groups is 3. The van der Waals surface area contributed by atoms with Crippen molar-refractivity contribution in [3.63, 3.8) is 0 Å². The minimum atomic E-state index is -0.534. The van der Waals surface area contributed by atoms with E-state index in [1.165, 1.54) is 23.4 Å². The first-order chi connectivity index (χ1) is 22.8. The van der Waals surface area contributed by atoms with Crippen LogP contribution in [0.25, 0.3) is 17.4 Å².